The van der Waals surface area contributed by atoms with Crippen molar-refractivity contribution in [3.63, 3.8) is 0 Å². The number of piperidine rings is 1. The van der Waals surface area contributed by atoms with Gasteiger partial charge in [0.2, 0.25) is 5.88 Å². The Bertz CT molecular complexity index is 1010. The van der Waals surface area contributed by atoms with Gasteiger partial charge in [-0.2, -0.15) is 0 Å². The fourth-order valence-corrected chi connectivity index (χ4v) is 5.29. The number of carbonyl (C=O) groups excluding carboxylic acids is 1. The number of anilines is 2. The Kier molecular flexibility index (Phi) is 4.02. The lowest BCUT2D eigenvalue weighted by Crippen LogP contribution is -2.56. The molecule has 6 aliphatic rings. The van der Waals surface area contributed by atoms with E-state index in [0.29, 0.717) is 54.4 Å². The molecule has 5 heterocycles. The zero-order valence-corrected chi connectivity index (χ0v) is 17.3. The molecule has 166 valence electrons. The third-order valence-electron chi connectivity index (χ3n) is 6.96. The largest absolute Gasteiger partial charge is 0.487 e. The Labute approximate surface area is 178 Å². The van der Waals surface area contributed by atoms with E-state index in [1.807, 2.05) is 9.80 Å². The van der Waals surface area contributed by atoms with Gasteiger partial charge in [-0.1, -0.05) is 0 Å². The minimum atomic E-state index is -1.17. The number of benzene rings is 1. The molecule has 31 heavy (non-hydrogen) atoms. The Balaban J connectivity index is 1.44. The van der Waals surface area contributed by atoms with Crippen LogP contribution in [0.15, 0.2) is 17.5 Å². The molecule has 0 amide bonds. The van der Waals surface area contributed by atoms with Gasteiger partial charge in [0.25, 0.3) is 0 Å². The first-order valence-electron chi connectivity index (χ1n) is 10.9. The van der Waals surface area contributed by atoms with Crippen LogP contribution in [0.25, 0.3) is 0 Å². The first kappa shape index (κ1) is 19.2. The van der Waals surface area contributed by atoms with Crippen LogP contribution in [0.3, 0.4) is 0 Å². The first-order valence-corrected chi connectivity index (χ1v) is 10.9. The van der Waals surface area contributed by atoms with Crippen LogP contribution in [0, 0.1) is 5.82 Å². The molecular formula is C22H25FN2O6. The molecule has 1 saturated carbocycles. The van der Waals surface area contributed by atoms with Crippen molar-refractivity contribution in [1.82, 2.24) is 0 Å². The van der Waals surface area contributed by atoms with Gasteiger partial charge in [0, 0.05) is 24.6 Å². The lowest BCUT2D eigenvalue weighted by molar-refractivity contribution is -0.142. The van der Waals surface area contributed by atoms with E-state index in [1.165, 1.54) is 6.07 Å². The third kappa shape index (κ3) is 2.62. The molecule has 0 spiro atoms. The first-order chi connectivity index (χ1) is 15.0. The van der Waals surface area contributed by atoms with Crippen LogP contribution < -0.4 is 14.5 Å². The number of esters is 1. The van der Waals surface area contributed by atoms with Crippen molar-refractivity contribution in [3.8, 4) is 5.75 Å². The molecule has 3 atom stereocenters. The number of rotatable bonds is 4. The Hall–Kier alpha value is -2.52. The van der Waals surface area contributed by atoms with E-state index in [1.54, 1.807) is 6.92 Å². The van der Waals surface area contributed by atoms with Crippen molar-refractivity contribution in [1.29, 1.82) is 0 Å². The second-order valence-corrected chi connectivity index (χ2v) is 9.01. The van der Waals surface area contributed by atoms with Gasteiger partial charge in [-0.05, 0) is 32.3 Å². The average Bonchev–Trinajstić information content (AvgIpc) is 3.57. The quantitative estimate of drug-likeness (QED) is 0.696. The van der Waals surface area contributed by atoms with Crippen molar-refractivity contribution < 1.29 is 33.6 Å². The Morgan fingerprint density at radius 2 is 2.16 bits per heavy atom. The summed E-state index contributed by atoms with van der Waals surface area (Å²) in [4.78, 5) is 16.5. The summed E-state index contributed by atoms with van der Waals surface area (Å²) in [5, 5.41) is 20.1. The predicted molar refractivity (Wildman–Crippen MR) is 107 cm³/mol. The molecular weight excluding hydrogens is 407 g/mol. The van der Waals surface area contributed by atoms with Crippen molar-refractivity contribution in [2.75, 3.05) is 36.2 Å². The minimum Gasteiger partial charge on any atom is -0.487 e. The smallest absolute Gasteiger partial charge is 0.343 e. The summed E-state index contributed by atoms with van der Waals surface area (Å²) in [5.74, 6) is 0.0989. The zero-order chi connectivity index (χ0) is 21.5. The van der Waals surface area contributed by atoms with E-state index >= 15 is 4.39 Å². The molecule has 1 aromatic rings. The molecule has 9 heteroatoms. The molecule has 1 unspecified atom stereocenters. The number of aliphatic hydroxyl groups excluding tert-OH is 1. The second kappa shape index (κ2) is 6.49. The summed E-state index contributed by atoms with van der Waals surface area (Å²) in [6.07, 6.45) is 1.92. The van der Waals surface area contributed by atoms with Gasteiger partial charge in [0.1, 0.15) is 17.9 Å². The number of fused-ring (bicyclic) bond motifs is 3. The van der Waals surface area contributed by atoms with E-state index in [2.05, 4.69) is 0 Å². The molecule has 1 aromatic carbocycles. The highest BCUT2D eigenvalue weighted by Crippen LogP contribution is 2.60. The van der Waals surface area contributed by atoms with E-state index in [9.17, 15) is 15.0 Å². The summed E-state index contributed by atoms with van der Waals surface area (Å²) < 4.78 is 32.7. The molecule has 7 rings (SSSR count). The molecule has 2 N–H and O–H groups in total. The summed E-state index contributed by atoms with van der Waals surface area (Å²) in [5.41, 5.74) is 1.03. The van der Waals surface area contributed by atoms with Crippen LogP contribution in [-0.4, -0.2) is 60.2 Å². The van der Waals surface area contributed by atoms with Crippen LogP contribution in [0.2, 0.25) is 0 Å². The highest BCUT2D eigenvalue weighted by atomic mass is 19.1. The number of ether oxygens (including phenoxy) is 3. The number of hydrogen-bond acceptors (Lipinski definition) is 8. The summed E-state index contributed by atoms with van der Waals surface area (Å²) in [6, 6.07) is 1.40. The number of nitrogens with zero attached hydrogens (tertiary/aromatic N) is 2. The van der Waals surface area contributed by atoms with Gasteiger partial charge >= 0.3 is 5.97 Å². The van der Waals surface area contributed by atoms with Crippen LogP contribution in [0.5, 0.6) is 5.75 Å². The number of hydrogen-bond donors (Lipinski definition) is 2. The number of halogens is 1. The number of aliphatic hydroxyl groups is 2. The standard InChI is InChI=1S/C22H25FN2O6/c1-2-29-21(27)15-18-13-7-14(23)17-19(16(13)25(11-3-4-11)20(15)31-18)30-9-12-8-22(28,10-26)5-6-24(12)17/h7,11-12,18,26,28H,2-6,8-10H2,1H3/t12-,18?,22+/m0/s1. The normalized spacial score (nSPS) is 30.5. The maximum Gasteiger partial charge on any atom is 0.343 e. The van der Waals surface area contributed by atoms with Crippen LogP contribution in [0.4, 0.5) is 15.8 Å². The highest BCUT2D eigenvalue weighted by Gasteiger charge is 2.55. The molecule has 8 nitrogen and oxygen atoms in total. The van der Waals surface area contributed by atoms with Crippen molar-refractivity contribution in [3.05, 3.63) is 28.9 Å². The van der Waals surface area contributed by atoms with Gasteiger partial charge in [-0.15, -0.1) is 0 Å². The van der Waals surface area contributed by atoms with Crippen molar-refractivity contribution in [2.45, 2.75) is 56.4 Å². The van der Waals surface area contributed by atoms with Crippen molar-refractivity contribution >= 4 is 17.3 Å². The van der Waals surface area contributed by atoms with E-state index in [-0.39, 0.29) is 25.3 Å². The topological polar surface area (TPSA) is 91.7 Å². The molecule has 0 aromatic heterocycles. The molecule has 2 fully saturated rings. The summed E-state index contributed by atoms with van der Waals surface area (Å²) >= 11 is 0. The van der Waals surface area contributed by atoms with E-state index in [0.717, 1.165) is 18.5 Å². The van der Waals surface area contributed by atoms with E-state index < -0.39 is 23.5 Å². The van der Waals surface area contributed by atoms with Crippen LogP contribution in [-0.2, 0) is 14.3 Å². The highest BCUT2D eigenvalue weighted by molar-refractivity contribution is 5.97. The zero-order valence-electron chi connectivity index (χ0n) is 17.3. The Morgan fingerprint density at radius 3 is 2.87 bits per heavy atom. The lowest BCUT2D eigenvalue weighted by Gasteiger charge is -2.50. The molecule has 2 bridgehead atoms. The predicted octanol–water partition coefficient (Wildman–Crippen LogP) is 1.74. The molecule has 1 aliphatic carbocycles. The maximum atomic E-state index is 15.5. The summed E-state index contributed by atoms with van der Waals surface area (Å²) in [7, 11) is 0. The Morgan fingerprint density at radius 1 is 1.35 bits per heavy atom. The molecule has 5 aliphatic heterocycles. The number of carbonyl (C=O) groups is 1. The fraction of sp³-hybridized carbons (Fsp3) is 0.591. The minimum absolute atomic E-state index is 0.177. The van der Waals surface area contributed by atoms with Gasteiger partial charge in [0.15, 0.2) is 17.7 Å². The molecule has 1 saturated heterocycles. The maximum absolute atomic E-state index is 15.5. The van der Waals surface area contributed by atoms with Crippen molar-refractivity contribution in [2.24, 2.45) is 0 Å². The SMILES string of the molecule is CCOC(=O)C1=C2OC1c1cc(F)c3c(c1N2C1CC1)OC[C@@H]1C[C@@](O)(CO)CCN31. The van der Waals surface area contributed by atoms with Gasteiger partial charge < -0.3 is 34.2 Å². The fourth-order valence-electron chi connectivity index (χ4n) is 5.29. The van der Waals surface area contributed by atoms with Gasteiger partial charge in [-0.3, -0.25) is 0 Å². The summed E-state index contributed by atoms with van der Waals surface area (Å²) in [6.45, 7) is 2.40. The monoisotopic (exact) mass is 432 g/mol. The van der Waals surface area contributed by atoms with Gasteiger partial charge in [0.05, 0.1) is 30.5 Å². The lowest BCUT2D eigenvalue weighted by atomic mass is 9.85. The third-order valence-corrected chi connectivity index (χ3v) is 6.96. The van der Waals surface area contributed by atoms with Crippen LogP contribution in [0.1, 0.15) is 44.3 Å². The van der Waals surface area contributed by atoms with Crippen LogP contribution >= 0.6 is 0 Å². The van der Waals surface area contributed by atoms with Gasteiger partial charge in [-0.25, -0.2) is 9.18 Å². The van der Waals surface area contributed by atoms with E-state index in [4.69, 9.17) is 14.2 Å². The molecule has 0 radical (unpaired) electrons. The average molecular weight is 432 g/mol. The second-order valence-electron chi connectivity index (χ2n) is 9.01.